The SMILES string of the molecule is CCNC(Cc1ccc(Br)cc1Cl)CC(C)OC. The molecule has 0 saturated carbocycles. The molecule has 0 amide bonds. The first kappa shape index (κ1) is 16.0. The highest BCUT2D eigenvalue weighted by Gasteiger charge is 2.14. The first-order chi connectivity index (χ1) is 8.56. The minimum absolute atomic E-state index is 0.253. The van der Waals surface area contributed by atoms with Gasteiger partial charge in [0.1, 0.15) is 0 Å². The van der Waals surface area contributed by atoms with Crippen LogP contribution < -0.4 is 5.32 Å². The van der Waals surface area contributed by atoms with Crippen molar-refractivity contribution in [2.45, 2.75) is 38.8 Å². The van der Waals surface area contributed by atoms with Gasteiger partial charge in [-0.3, -0.25) is 0 Å². The zero-order chi connectivity index (χ0) is 13.5. The van der Waals surface area contributed by atoms with Crippen molar-refractivity contribution in [3.05, 3.63) is 33.3 Å². The van der Waals surface area contributed by atoms with Crippen molar-refractivity contribution in [2.75, 3.05) is 13.7 Å². The lowest BCUT2D eigenvalue weighted by Gasteiger charge is -2.21. The summed E-state index contributed by atoms with van der Waals surface area (Å²) < 4.78 is 6.35. The third kappa shape index (κ3) is 5.27. The van der Waals surface area contributed by atoms with Gasteiger partial charge in [-0.1, -0.05) is 40.5 Å². The van der Waals surface area contributed by atoms with E-state index in [1.54, 1.807) is 7.11 Å². The van der Waals surface area contributed by atoms with Crippen molar-refractivity contribution in [1.82, 2.24) is 5.32 Å². The molecule has 1 aromatic carbocycles. The number of ether oxygens (including phenoxy) is 1. The number of likely N-dealkylation sites (N-methyl/N-ethyl adjacent to an activating group) is 1. The average Bonchev–Trinajstić information content (AvgIpc) is 2.32. The molecule has 1 N–H and O–H groups in total. The summed E-state index contributed by atoms with van der Waals surface area (Å²) in [6.07, 6.45) is 2.16. The van der Waals surface area contributed by atoms with Crippen LogP contribution in [0.1, 0.15) is 25.8 Å². The van der Waals surface area contributed by atoms with E-state index < -0.39 is 0 Å². The molecule has 0 fully saturated rings. The molecular formula is C14H21BrClNO. The summed E-state index contributed by atoms with van der Waals surface area (Å²) in [5, 5.41) is 4.30. The topological polar surface area (TPSA) is 21.3 Å². The second-order valence-corrected chi connectivity index (χ2v) is 5.80. The van der Waals surface area contributed by atoms with Crippen LogP contribution in [0.2, 0.25) is 5.02 Å². The Morgan fingerprint density at radius 1 is 1.44 bits per heavy atom. The Morgan fingerprint density at radius 2 is 2.17 bits per heavy atom. The van der Waals surface area contributed by atoms with Crippen molar-refractivity contribution in [3.8, 4) is 0 Å². The predicted octanol–water partition coefficient (Wildman–Crippen LogP) is 4.05. The van der Waals surface area contributed by atoms with Gasteiger partial charge in [0, 0.05) is 22.6 Å². The van der Waals surface area contributed by atoms with Crippen LogP contribution in [0.25, 0.3) is 0 Å². The van der Waals surface area contributed by atoms with Crippen LogP contribution >= 0.6 is 27.5 Å². The zero-order valence-corrected chi connectivity index (χ0v) is 13.5. The Kier molecular flexibility index (Phi) is 7.23. The summed E-state index contributed by atoms with van der Waals surface area (Å²) in [5.41, 5.74) is 1.18. The minimum Gasteiger partial charge on any atom is -0.382 e. The molecule has 2 nitrogen and oxygen atoms in total. The third-order valence-electron chi connectivity index (χ3n) is 2.99. The van der Waals surface area contributed by atoms with Gasteiger partial charge in [0.05, 0.1) is 6.10 Å². The Balaban J connectivity index is 2.69. The average molecular weight is 335 g/mol. The highest BCUT2D eigenvalue weighted by Crippen LogP contribution is 2.23. The fourth-order valence-electron chi connectivity index (χ4n) is 1.98. The smallest absolute Gasteiger partial charge is 0.0558 e. The normalized spacial score (nSPS) is 14.5. The summed E-state index contributed by atoms with van der Waals surface area (Å²) in [7, 11) is 1.75. The van der Waals surface area contributed by atoms with Crippen molar-refractivity contribution in [3.63, 3.8) is 0 Å². The van der Waals surface area contributed by atoms with Crippen molar-refractivity contribution in [1.29, 1.82) is 0 Å². The van der Waals surface area contributed by atoms with Crippen LogP contribution in [0.5, 0.6) is 0 Å². The lowest BCUT2D eigenvalue weighted by Crippen LogP contribution is -2.34. The first-order valence-corrected chi connectivity index (χ1v) is 7.44. The van der Waals surface area contributed by atoms with Crippen LogP contribution in [0.3, 0.4) is 0 Å². The van der Waals surface area contributed by atoms with E-state index in [4.69, 9.17) is 16.3 Å². The van der Waals surface area contributed by atoms with Gasteiger partial charge in [-0.05, 0) is 44.0 Å². The van der Waals surface area contributed by atoms with E-state index in [-0.39, 0.29) is 6.10 Å². The summed E-state index contributed by atoms with van der Waals surface area (Å²) >= 11 is 9.68. The standard InChI is InChI=1S/C14H21BrClNO/c1-4-17-13(7-10(2)18-3)8-11-5-6-12(15)9-14(11)16/h5-6,9-10,13,17H,4,7-8H2,1-3H3. The number of rotatable bonds is 7. The number of benzene rings is 1. The van der Waals surface area contributed by atoms with Crippen LogP contribution in [0.15, 0.2) is 22.7 Å². The Labute approximate surface area is 123 Å². The van der Waals surface area contributed by atoms with Crippen molar-refractivity contribution in [2.24, 2.45) is 0 Å². The van der Waals surface area contributed by atoms with E-state index in [0.717, 1.165) is 28.9 Å². The fraction of sp³-hybridized carbons (Fsp3) is 0.571. The van der Waals surface area contributed by atoms with Gasteiger partial charge in [0.25, 0.3) is 0 Å². The van der Waals surface area contributed by atoms with E-state index in [1.165, 1.54) is 5.56 Å². The second-order valence-electron chi connectivity index (χ2n) is 4.48. The van der Waals surface area contributed by atoms with E-state index in [1.807, 2.05) is 12.1 Å². The highest BCUT2D eigenvalue weighted by atomic mass is 79.9. The molecule has 0 aliphatic heterocycles. The van der Waals surface area contributed by atoms with Crippen LogP contribution in [-0.4, -0.2) is 25.8 Å². The molecule has 2 unspecified atom stereocenters. The number of hydrogen-bond acceptors (Lipinski definition) is 2. The molecule has 0 spiro atoms. The van der Waals surface area contributed by atoms with Gasteiger partial charge in [-0.25, -0.2) is 0 Å². The Morgan fingerprint density at radius 3 is 2.72 bits per heavy atom. The quantitative estimate of drug-likeness (QED) is 0.812. The molecule has 0 aliphatic rings. The lowest BCUT2D eigenvalue weighted by molar-refractivity contribution is 0.101. The first-order valence-electron chi connectivity index (χ1n) is 6.26. The zero-order valence-electron chi connectivity index (χ0n) is 11.2. The summed E-state index contributed by atoms with van der Waals surface area (Å²) in [6.45, 7) is 5.16. The number of nitrogens with one attached hydrogen (secondary N) is 1. The second kappa shape index (κ2) is 8.16. The molecule has 1 rings (SSSR count). The van der Waals surface area contributed by atoms with E-state index in [9.17, 15) is 0 Å². The summed E-state index contributed by atoms with van der Waals surface area (Å²) in [6, 6.07) is 6.45. The molecule has 0 aromatic heterocycles. The van der Waals surface area contributed by atoms with Gasteiger partial charge in [0.2, 0.25) is 0 Å². The number of halogens is 2. The Hall–Kier alpha value is -0.0900. The molecule has 102 valence electrons. The molecule has 0 aliphatic carbocycles. The predicted molar refractivity (Wildman–Crippen MR) is 81.4 cm³/mol. The number of methoxy groups -OCH3 is 1. The number of hydrogen-bond donors (Lipinski definition) is 1. The molecule has 0 radical (unpaired) electrons. The van der Waals surface area contributed by atoms with Crippen LogP contribution in [-0.2, 0) is 11.2 Å². The van der Waals surface area contributed by atoms with E-state index in [2.05, 4.69) is 41.2 Å². The minimum atomic E-state index is 0.253. The lowest BCUT2D eigenvalue weighted by atomic mass is 10.0. The van der Waals surface area contributed by atoms with Gasteiger partial charge in [-0.15, -0.1) is 0 Å². The monoisotopic (exact) mass is 333 g/mol. The van der Waals surface area contributed by atoms with Gasteiger partial charge >= 0.3 is 0 Å². The molecular weight excluding hydrogens is 314 g/mol. The molecule has 2 atom stereocenters. The van der Waals surface area contributed by atoms with Crippen molar-refractivity contribution >= 4 is 27.5 Å². The maximum Gasteiger partial charge on any atom is 0.0558 e. The van der Waals surface area contributed by atoms with E-state index >= 15 is 0 Å². The molecule has 4 heteroatoms. The molecule has 18 heavy (non-hydrogen) atoms. The highest BCUT2D eigenvalue weighted by molar-refractivity contribution is 9.10. The van der Waals surface area contributed by atoms with Gasteiger partial charge < -0.3 is 10.1 Å². The van der Waals surface area contributed by atoms with Crippen molar-refractivity contribution < 1.29 is 4.74 Å². The largest absolute Gasteiger partial charge is 0.382 e. The maximum absolute atomic E-state index is 6.26. The molecule has 0 heterocycles. The molecule has 0 bridgehead atoms. The summed E-state index contributed by atoms with van der Waals surface area (Å²) in [4.78, 5) is 0. The van der Waals surface area contributed by atoms with Gasteiger partial charge in [0.15, 0.2) is 0 Å². The van der Waals surface area contributed by atoms with E-state index in [0.29, 0.717) is 6.04 Å². The fourth-order valence-corrected chi connectivity index (χ4v) is 2.73. The van der Waals surface area contributed by atoms with Gasteiger partial charge in [-0.2, -0.15) is 0 Å². The Bertz CT molecular complexity index is 373. The van der Waals surface area contributed by atoms with Crippen LogP contribution in [0, 0.1) is 0 Å². The molecule has 0 saturated heterocycles. The summed E-state index contributed by atoms with van der Waals surface area (Å²) in [5.74, 6) is 0. The maximum atomic E-state index is 6.26. The molecule has 1 aromatic rings. The third-order valence-corrected chi connectivity index (χ3v) is 3.84. The van der Waals surface area contributed by atoms with Crippen LogP contribution in [0.4, 0.5) is 0 Å².